The smallest absolute Gasteiger partial charge is 0.336 e. The first-order chi connectivity index (χ1) is 9.99. The lowest BCUT2D eigenvalue weighted by Crippen LogP contribution is -2.15. The molecule has 3 rings (SSSR count). The predicted octanol–water partition coefficient (Wildman–Crippen LogP) is 4.01. The molecule has 0 aliphatic carbocycles. The Hall–Kier alpha value is -2.49. The summed E-state index contributed by atoms with van der Waals surface area (Å²) in [5, 5.41) is 1.60. The van der Waals surface area contributed by atoms with Gasteiger partial charge < -0.3 is 13.6 Å². The molecule has 0 N–H and O–H groups in total. The van der Waals surface area contributed by atoms with Crippen molar-refractivity contribution in [3.63, 3.8) is 0 Å². The zero-order chi connectivity index (χ0) is 15.2. The highest BCUT2D eigenvalue weighted by molar-refractivity contribution is 6.05. The standard InChI is InChI=1S/C17H16O4/c1-5-17(2,3)13-15-11(8-9-20-15)14(19-4)10-6-7-12(18)21-16(10)13/h5-9H,1H2,2-4H3. The van der Waals surface area contributed by atoms with E-state index in [0.717, 1.165) is 16.3 Å². The molecule has 0 saturated heterocycles. The van der Waals surface area contributed by atoms with Gasteiger partial charge >= 0.3 is 5.63 Å². The van der Waals surface area contributed by atoms with Gasteiger partial charge in [-0.2, -0.15) is 0 Å². The number of ether oxygens (including phenoxy) is 1. The van der Waals surface area contributed by atoms with E-state index in [1.54, 1.807) is 19.4 Å². The molecule has 4 nitrogen and oxygen atoms in total. The lowest BCUT2D eigenvalue weighted by Gasteiger charge is -2.22. The first-order valence-corrected chi connectivity index (χ1v) is 6.64. The van der Waals surface area contributed by atoms with Gasteiger partial charge in [-0.05, 0) is 12.1 Å². The van der Waals surface area contributed by atoms with Crippen molar-refractivity contribution in [1.29, 1.82) is 0 Å². The molecule has 1 aromatic carbocycles. The van der Waals surface area contributed by atoms with Crippen molar-refractivity contribution in [3.05, 3.63) is 53.1 Å². The average Bonchev–Trinajstić information content (AvgIpc) is 2.92. The van der Waals surface area contributed by atoms with E-state index in [-0.39, 0.29) is 0 Å². The van der Waals surface area contributed by atoms with Crippen molar-refractivity contribution in [1.82, 2.24) is 0 Å². The second kappa shape index (κ2) is 4.52. The molecule has 0 saturated carbocycles. The zero-order valence-electron chi connectivity index (χ0n) is 12.2. The number of rotatable bonds is 3. The van der Waals surface area contributed by atoms with Crippen molar-refractivity contribution in [3.8, 4) is 5.75 Å². The van der Waals surface area contributed by atoms with Crippen molar-refractivity contribution in [2.75, 3.05) is 7.11 Å². The van der Waals surface area contributed by atoms with Crippen LogP contribution in [0.4, 0.5) is 0 Å². The van der Waals surface area contributed by atoms with Gasteiger partial charge in [0.2, 0.25) is 0 Å². The molecule has 21 heavy (non-hydrogen) atoms. The van der Waals surface area contributed by atoms with Gasteiger partial charge in [-0.25, -0.2) is 4.79 Å². The molecule has 0 radical (unpaired) electrons. The zero-order valence-corrected chi connectivity index (χ0v) is 12.2. The predicted molar refractivity (Wildman–Crippen MR) is 82.0 cm³/mol. The summed E-state index contributed by atoms with van der Waals surface area (Å²) in [5.41, 5.74) is 1.10. The monoisotopic (exact) mass is 284 g/mol. The van der Waals surface area contributed by atoms with Crippen molar-refractivity contribution < 1.29 is 13.6 Å². The van der Waals surface area contributed by atoms with Crippen LogP contribution in [-0.4, -0.2) is 7.11 Å². The Morgan fingerprint density at radius 1 is 1.19 bits per heavy atom. The number of hydrogen-bond donors (Lipinski definition) is 0. The normalized spacial score (nSPS) is 12.0. The number of benzene rings is 1. The van der Waals surface area contributed by atoms with Crippen LogP contribution in [0.2, 0.25) is 0 Å². The lowest BCUT2D eigenvalue weighted by atomic mass is 9.82. The van der Waals surface area contributed by atoms with E-state index in [2.05, 4.69) is 6.58 Å². The molecule has 3 aromatic rings. The fourth-order valence-electron chi connectivity index (χ4n) is 2.62. The van der Waals surface area contributed by atoms with Crippen molar-refractivity contribution >= 4 is 21.9 Å². The quantitative estimate of drug-likeness (QED) is 0.538. The van der Waals surface area contributed by atoms with Crippen molar-refractivity contribution in [2.45, 2.75) is 19.3 Å². The third kappa shape index (κ3) is 1.87. The summed E-state index contributed by atoms with van der Waals surface area (Å²) in [6.07, 6.45) is 3.41. The third-order valence-electron chi connectivity index (χ3n) is 3.80. The Morgan fingerprint density at radius 2 is 1.90 bits per heavy atom. The maximum absolute atomic E-state index is 11.7. The molecule has 0 aliphatic rings. The molecule has 0 unspecified atom stereocenters. The fraction of sp³-hybridized carbons (Fsp3) is 0.235. The van der Waals surface area contributed by atoms with Gasteiger partial charge in [0.1, 0.15) is 16.9 Å². The van der Waals surface area contributed by atoms with Gasteiger partial charge in [0.05, 0.1) is 24.1 Å². The summed E-state index contributed by atoms with van der Waals surface area (Å²) in [6, 6.07) is 4.96. The van der Waals surface area contributed by atoms with Crippen LogP contribution in [0.25, 0.3) is 21.9 Å². The highest BCUT2D eigenvalue weighted by Gasteiger charge is 2.28. The van der Waals surface area contributed by atoms with Crippen LogP contribution in [0, 0.1) is 0 Å². The third-order valence-corrected chi connectivity index (χ3v) is 3.80. The molecule has 0 fully saturated rings. The van der Waals surface area contributed by atoms with E-state index in [9.17, 15) is 4.79 Å². The molecule has 0 spiro atoms. The lowest BCUT2D eigenvalue weighted by molar-refractivity contribution is 0.422. The highest BCUT2D eigenvalue weighted by Crippen LogP contribution is 2.43. The summed E-state index contributed by atoms with van der Waals surface area (Å²) < 4.78 is 16.6. The molecule has 0 atom stereocenters. The molecule has 0 bridgehead atoms. The number of allylic oxidation sites excluding steroid dienone is 1. The minimum absolute atomic E-state index is 0.406. The largest absolute Gasteiger partial charge is 0.495 e. The Kier molecular flexibility index (Phi) is 2.90. The fourth-order valence-corrected chi connectivity index (χ4v) is 2.62. The van der Waals surface area contributed by atoms with Crippen LogP contribution in [0.5, 0.6) is 5.75 Å². The molecular formula is C17H16O4. The average molecular weight is 284 g/mol. The molecule has 0 amide bonds. The van der Waals surface area contributed by atoms with Crippen LogP contribution in [0.3, 0.4) is 0 Å². The van der Waals surface area contributed by atoms with E-state index in [4.69, 9.17) is 13.6 Å². The van der Waals surface area contributed by atoms with E-state index < -0.39 is 11.0 Å². The summed E-state index contributed by atoms with van der Waals surface area (Å²) in [7, 11) is 1.59. The van der Waals surface area contributed by atoms with Crippen LogP contribution in [-0.2, 0) is 5.41 Å². The number of fused-ring (bicyclic) bond motifs is 2. The van der Waals surface area contributed by atoms with E-state index in [1.807, 2.05) is 26.0 Å². The SMILES string of the molecule is C=CC(C)(C)c1c2occc2c(OC)c2ccc(=O)oc12. The van der Waals surface area contributed by atoms with Gasteiger partial charge in [-0.15, -0.1) is 6.58 Å². The Balaban J connectivity index is 2.65. The highest BCUT2D eigenvalue weighted by atomic mass is 16.5. The summed E-state index contributed by atoms with van der Waals surface area (Å²) in [6.45, 7) is 7.87. The first kappa shape index (κ1) is 13.5. The number of hydrogen-bond acceptors (Lipinski definition) is 4. The Morgan fingerprint density at radius 3 is 2.57 bits per heavy atom. The van der Waals surface area contributed by atoms with Crippen LogP contribution < -0.4 is 10.4 Å². The van der Waals surface area contributed by atoms with Crippen LogP contribution in [0.15, 0.2) is 50.7 Å². The summed E-state index contributed by atoms with van der Waals surface area (Å²) in [5.74, 6) is 0.640. The second-order valence-corrected chi connectivity index (χ2v) is 5.49. The van der Waals surface area contributed by atoms with Crippen molar-refractivity contribution in [2.24, 2.45) is 0 Å². The number of methoxy groups -OCH3 is 1. The van der Waals surface area contributed by atoms with Gasteiger partial charge in [0.25, 0.3) is 0 Å². The molecular weight excluding hydrogens is 268 g/mol. The molecule has 4 heteroatoms. The van der Waals surface area contributed by atoms with E-state index >= 15 is 0 Å². The minimum Gasteiger partial charge on any atom is -0.495 e. The first-order valence-electron chi connectivity index (χ1n) is 6.64. The molecule has 2 heterocycles. The number of furan rings is 1. The van der Waals surface area contributed by atoms with Crippen LogP contribution in [0.1, 0.15) is 19.4 Å². The topological polar surface area (TPSA) is 52.6 Å². The van der Waals surface area contributed by atoms with Gasteiger partial charge in [-0.3, -0.25) is 0 Å². The summed E-state index contributed by atoms with van der Waals surface area (Å²) >= 11 is 0. The van der Waals surface area contributed by atoms with Gasteiger partial charge in [0, 0.05) is 17.0 Å². The van der Waals surface area contributed by atoms with Gasteiger partial charge in [0.15, 0.2) is 0 Å². The second-order valence-electron chi connectivity index (χ2n) is 5.49. The molecule has 0 aliphatic heterocycles. The maximum Gasteiger partial charge on any atom is 0.336 e. The van der Waals surface area contributed by atoms with E-state index in [0.29, 0.717) is 16.9 Å². The summed E-state index contributed by atoms with van der Waals surface area (Å²) in [4.78, 5) is 11.7. The minimum atomic E-state index is -0.419. The van der Waals surface area contributed by atoms with E-state index in [1.165, 1.54) is 6.07 Å². The molecule has 108 valence electrons. The Labute approximate surface area is 121 Å². The Bertz CT molecular complexity index is 896. The molecule has 2 aromatic heterocycles. The van der Waals surface area contributed by atoms with Gasteiger partial charge in [-0.1, -0.05) is 19.9 Å². The maximum atomic E-state index is 11.7. The van der Waals surface area contributed by atoms with Crippen LogP contribution >= 0.6 is 0 Å².